The van der Waals surface area contributed by atoms with Crippen LogP contribution in [0.1, 0.15) is 41.7 Å². The van der Waals surface area contributed by atoms with E-state index in [1.807, 2.05) is 24.3 Å². The van der Waals surface area contributed by atoms with E-state index in [0.717, 1.165) is 35.4 Å². The Morgan fingerprint density at radius 2 is 1.83 bits per heavy atom. The van der Waals surface area contributed by atoms with Crippen LogP contribution in [0.5, 0.6) is 0 Å². The van der Waals surface area contributed by atoms with Crippen LogP contribution in [-0.4, -0.2) is 0 Å². The van der Waals surface area contributed by atoms with Gasteiger partial charge in [-0.25, -0.2) is 0 Å². The van der Waals surface area contributed by atoms with Crippen LogP contribution in [-0.2, 0) is 13.0 Å². The highest BCUT2D eigenvalue weighted by molar-refractivity contribution is 5.71. The van der Waals surface area contributed by atoms with Crippen molar-refractivity contribution >= 4 is 17.3 Å². The molecule has 0 fully saturated rings. The molecule has 0 bridgehead atoms. The Labute approximate surface area is 140 Å². The van der Waals surface area contributed by atoms with Gasteiger partial charge in [-0.1, -0.05) is 80.8 Å². The van der Waals surface area contributed by atoms with Crippen molar-refractivity contribution in [3.8, 4) is 0 Å². The highest BCUT2D eigenvalue weighted by Gasteiger charge is 2.05. The van der Waals surface area contributed by atoms with Crippen molar-refractivity contribution in [2.45, 2.75) is 26.8 Å². The molecule has 1 heteroatoms. The predicted molar refractivity (Wildman–Crippen MR) is 103 cm³/mol. The Balaban J connectivity index is 2.13. The van der Waals surface area contributed by atoms with Crippen molar-refractivity contribution < 1.29 is 0 Å². The molecule has 0 radical (unpaired) electrons. The Bertz CT molecular complexity index is 737. The maximum atomic E-state index is 4.16. The van der Waals surface area contributed by atoms with E-state index < -0.39 is 0 Å². The molecule has 0 aromatic heterocycles. The van der Waals surface area contributed by atoms with Crippen molar-refractivity contribution in [2.75, 3.05) is 0 Å². The molecule has 0 aliphatic rings. The van der Waals surface area contributed by atoms with Gasteiger partial charge in [0, 0.05) is 17.8 Å². The first-order valence-electron chi connectivity index (χ1n) is 7.99. The third kappa shape index (κ3) is 4.01. The van der Waals surface area contributed by atoms with Crippen LogP contribution < -0.4 is 5.32 Å². The van der Waals surface area contributed by atoms with Gasteiger partial charge in [-0.05, 0) is 35.6 Å². The molecule has 0 heterocycles. The summed E-state index contributed by atoms with van der Waals surface area (Å²) >= 11 is 0. The van der Waals surface area contributed by atoms with E-state index >= 15 is 0 Å². The number of aryl methyl sites for hydroxylation is 1. The fourth-order valence-corrected chi connectivity index (χ4v) is 2.72. The molecule has 118 valence electrons. The summed E-state index contributed by atoms with van der Waals surface area (Å²) in [6.45, 7) is 17.1. The van der Waals surface area contributed by atoms with Gasteiger partial charge in [-0.2, -0.15) is 0 Å². The maximum absolute atomic E-state index is 4.16. The van der Waals surface area contributed by atoms with Gasteiger partial charge >= 0.3 is 0 Å². The van der Waals surface area contributed by atoms with Crippen LogP contribution in [0.15, 0.2) is 62.2 Å². The molecule has 2 aromatic carbocycles. The lowest BCUT2D eigenvalue weighted by atomic mass is 9.97. The summed E-state index contributed by atoms with van der Waals surface area (Å²) in [4.78, 5) is 0. The molecule has 0 aliphatic heterocycles. The number of allylic oxidation sites excluding steroid dienone is 1. The van der Waals surface area contributed by atoms with Gasteiger partial charge in [0.2, 0.25) is 0 Å². The van der Waals surface area contributed by atoms with Gasteiger partial charge in [0.25, 0.3) is 0 Å². The van der Waals surface area contributed by atoms with Crippen molar-refractivity contribution in [1.82, 2.24) is 5.32 Å². The molecule has 2 rings (SSSR count). The van der Waals surface area contributed by atoms with E-state index in [1.165, 1.54) is 16.7 Å². The van der Waals surface area contributed by atoms with Gasteiger partial charge < -0.3 is 5.32 Å². The van der Waals surface area contributed by atoms with E-state index in [9.17, 15) is 0 Å². The van der Waals surface area contributed by atoms with Gasteiger partial charge in [0.05, 0.1) is 0 Å². The van der Waals surface area contributed by atoms with Crippen LogP contribution in [0, 0.1) is 0 Å². The average molecular weight is 303 g/mol. The lowest BCUT2D eigenvalue weighted by Gasteiger charge is -2.14. The van der Waals surface area contributed by atoms with Crippen LogP contribution in [0.4, 0.5) is 0 Å². The maximum Gasteiger partial charge on any atom is 0.0400 e. The monoisotopic (exact) mass is 303 g/mol. The smallest absolute Gasteiger partial charge is 0.0400 e. The fourth-order valence-electron chi connectivity index (χ4n) is 2.72. The third-order valence-electron chi connectivity index (χ3n) is 4.02. The number of nitrogens with one attached hydrogen (secondary N) is 1. The number of benzene rings is 2. The second-order valence-corrected chi connectivity index (χ2v) is 5.75. The minimum absolute atomic E-state index is 0.758. The zero-order valence-electron chi connectivity index (χ0n) is 14.2. The standard InChI is InChI=1S/C22H25N/c1-6-19-10-8-9-11-22(19)17(5)23-15-18-12-13-21(16(3)4)20(7-2)14-18/h6,8-14,23H,1,3,5,7,15H2,2,4H3. The molecular weight excluding hydrogens is 278 g/mol. The molecule has 2 aromatic rings. The zero-order chi connectivity index (χ0) is 16.8. The lowest BCUT2D eigenvalue weighted by molar-refractivity contribution is 0.887. The van der Waals surface area contributed by atoms with Crippen LogP contribution in [0.25, 0.3) is 17.3 Å². The second-order valence-electron chi connectivity index (χ2n) is 5.75. The summed E-state index contributed by atoms with van der Waals surface area (Å²) in [6.07, 6.45) is 2.87. The van der Waals surface area contributed by atoms with Crippen molar-refractivity contribution in [3.63, 3.8) is 0 Å². The normalized spacial score (nSPS) is 10.2. The SMILES string of the molecule is C=Cc1ccccc1C(=C)NCc1ccc(C(=C)C)c(CC)c1. The average Bonchev–Trinajstić information content (AvgIpc) is 2.59. The first-order chi connectivity index (χ1) is 11.1. The molecule has 0 atom stereocenters. The Kier molecular flexibility index (Phi) is 5.59. The first-order valence-corrected chi connectivity index (χ1v) is 7.99. The summed E-state index contributed by atoms with van der Waals surface area (Å²) in [5.41, 5.74) is 8.08. The van der Waals surface area contributed by atoms with Gasteiger partial charge in [-0.3, -0.25) is 0 Å². The molecule has 0 amide bonds. The Hall–Kier alpha value is -2.54. The molecule has 0 unspecified atom stereocenters. The minimum Gasteiger partial charge on any atom is -0.381 e. The molecule has 1 N–H and O–H groups in total. The Morgan fingerprint density at radius 3 is 2.48 bits per heavy atom. The highest BCUT2D eigenvalue weighted by atomic mass is 14.9. The van der Waals surface area contributed by atoms with E-state index in [-0.39, 0.29) is 0 Å². The fraction of sp³-hybridized carbons (Fsp3) is 0.182. The van der Waals surface area contributed by atoms with E-state index in [2.05, 4.69) is 63.2 Å². The highest BCUT2D eigenvalue weighted by Crippen LogP contribution is 2.21. The quantitative estimate of drug-likeness (QED) is 0.693. The number of hydrogen-bond donors (Lipinski definition) is 1. The topological polar surface area (TPSA) is 12.0 Å². The minimum atomic E-state index is 0.758. The second kappa shape index (κ2) is 7.64. The summed E-state index contributed by atoms with van der Waals surface area (Å²) in [5.74, 6) is 0. The summed E-state index contributed by atoms with van der Waals surface area (Å²) < 4.78 is 0. The lowest BCUT2D eigenvalue weighted by Crippen LogP contribution is -2.12. The van der Waals surface area contributed by atoms with E-state index in [0.29, 0.717) is 0 Å². The van der Waals surface area contributed by atoms with Gasteiger partial charge in [0.1, 0.15) is 0 Å². The van der Waals surface area contributed by atoms with Crippen LogP contribution in [0.3, 0.4) is 0 Å². The van der Waals surface area contributed by atoms with Gasteiger partial charge in [0.15, 0.2) is 0 Å². The van der Waals surface area contributed by atoms with Crippen molar-refractivity contribution in [3.05, 3.63) is 90.0 Å². The van der Waals surface area contributed by atoms with Crippen LogP contribution >= 0.6 is 0 Å². The molecule has 0 aliphatic carbocycles. The third-order valence-corrected chi connectivity index (χ3v) is 4.02. The first kappa shape index (κ1) is 16.8. The summed E-state index contributed by atoms with van der Waals surface area (Å²) in [6, 6.07) is 14.7. The summed E-state index contributed by atoms with van der Waals surface area (Å²) in [7, 11) is 0. The van der Waals surface area contributed by atoms with Crippen molar-refractivity contribution in [2.24, 2.45) is 0 Å². The molecule has 0 saturated heterocycles. The molecule has 1 nitrogen and oxygen atoms in total. The van der Waals surface area contributed by atoms with Crippen molar-refractivity contribution in [1.29, 1.82) is 0 Å². The van der Waals surface area contributed by atoms with E-state index in [1.54, 1.807) is 0 Å². The zero-order valence-corrected chi connectivity index (χ0v) is 14.2. The van der Waals surface area contributed by atoms with Crippen LogP contribution in [0.2, 0.25) is 0 Å². The molecular formula is C22H25N. The predicted octanol–water partition coefficient (Wildman–Crippen LogP) is 5.69. The number of hydrogen-bond acceptors (Lipinski definition) is 1. The number of rotatable bonds is 7. The van der Waals surface area contributed by atoms with Gasteiger partial charge in [-0.15, -0.1) is 0 Å². The Morgan fingerprint density at radius 1 is 1.09 bits per heavy atom. The van der Waals surface area contributed by atoms with E-state index in [4.69, 9.17) is 0 Å². The summed E-state index contributed by atoms with van der Waals surface area (Å²) in [5, 5.41) is 3.43. The molecule has 0 saturated carbocycles. The molecule has 23 heavy (non-hydrogen) atoms. The largest absolute Gasteiger partial charge is 0.381 e. The molecule has 0 spiro atoms.